The van der Waals surface area contributed by atoms with Crippen molar-refractivity contribution in [2.24, 2.45) is 0 Å². The van der Waals surface area contributed by atoms with Crippen LogP contribution in [0, 0.1) is 0 Å². The molecule has 6 nitrogen and oxygen atoms in total. The highest BCUT2D eigenvalue weighted by molar-refractivity contribution is 7.09. The SMILES string of the molecule is CN1C(=O)CCO[C@H]2CN(C(=O)c3csc(Cc4ccccc4)n3)C[C@@H]21. The van der Waals surface area contributed by atoms with Gasteiger partial charge in [0.1, 0.15) is 5.69 Å². The minimum atomic E-state index is -0.113. The van der Waals surface area contributed by atoms with Crippen molar-refractivity contribution >= 4 is 23.2 Å². The third kappa shape index (κ3) is 3.37. The molecule has 0 unspecified atom stereocenters. The van der Waals surface area contributed by atoms with Gasteiger partial charge in [0.2, 0.25) is 5.91 Å². The zero-order chi connectivity index (χ0) is 18.1. The van der Waals surface area contributed by atoms with E-state index < -0.39 is 0 Å². The fourth-order valence-corrected chi connectivity index (χ4v) is 4.34. The number of benzene rings is 1. The zero-order valence-corrected chi connectivity index (χ0v) is 15.4. The van der Waals surface area contributed by atoms with Gasteiger partial charge in [-0.05, 0) is 5.56 Å². The average molecular weight is 371 g/mol. The number of aromatic nitrogens is 1. The molecule has 2 amide bonds. The van der Waals surface area contributed by atoms with E-state index in [4.69, 9.17) is 4.74 Å². The van der Waals surface area contributed by atoms with Crippen molar-refractivity contribution in [2.75, 3.05) is 26.7 Å². The molecule has 136 valence electrons. The second-order valence-electron chi connectivity index (χ2n) is 6.73. The molecule has 0 aliphatic carbocycles. The molecule has 0 saturated carbocycles. The number of fused-ring (bicyclic) bond motifs is 1. The highest BCUT2D eigenvalue weighted by Crippen LogP contribution is 2.24. The van der Waals surface area contributed by atoms with Gasteiger partial charge in [-0.3, -0.25) is 9.59 Å². The summed E-state index contributed by atoms with van der Waals surface area (Å²) in [5, 5.41) is 2.75. The van der Waals surface area contributed by atoms with Crippen LogP contribution >= 0.6 is 11.3 Å². The molecular formula is C19H21N3O3S. The van der Waals surface area contributed by atoms with Crippen molar-refractivity contribution in [2.45, 2.75) is 25.0 Å². The third-order valence-corrected chi connectivity index (χ3v) is 5.88. The van der Waals surface area contributed by atoms with Gasteiger partial charge in [0.25, 0.3) is 5.91 Å². The monoisotopic (exact) mass is 371 g/mol. The number of hydrogen-bond donors (Lipinski definition) is 0. The van der Waals surface area contributed by atoms with Crippen molar-refractivity contribution in [3.63, 3.8) is 0 Å². The molecule has 7 heteroatoms. The molecule has 2 atom stereocenters. The van der Waals surface area contributed by atoms with Gasteiger partial charge >= 0.3 is 0 Å². The maximum Gasteiger partial charge on any atom is 0.273 e. The normalized spacial score (nSPS) is 23.0. The number of likely N-dealkylation sites (tertiary alicyclic amines) is 1. The first kappa shape index (κ1) is 17.2. The van der Waals surface area contributed by atoms with Gasteiger partial charge in [0, 0.05) is 31.9 Å². The Morgan fingerprint density at radius 3 is 2.92 bits per heavy atom. The molecule has 1 aromatic carbocycles. The number of nitrogens with zero attached hydrogens (tertiary/aromatic N) is 3. The first-order valence-corrected chi connectivity index (χ1v) is 9.64. The molecule has 2 saturated heterocycles. The number of likely N-dealkylation sites (N-methyl/N-ethyl adjacent to an activating group) is 1. The topological polar surface area (TPSA) is 62.7 Å². The maximum absolute atomic E-state index is 12.8. The second kappa shape index (κ2) is 7.17. The zero-order valence-electron chi connectivity index (χ0n) is 14.6. The standard InChI is InChI=1S/C19H21N3O3S/c1-21-15-10-22(11-16(15)25-8-7-18(21)23)19(24)14-12-26-17(20-14)9-13-5-3-2-4-6-13/h2-6,12,15-16H,7-11H2,1H3/t15-,16-/m0/s1. The minimum Gasteiger partial charge on any atom is -0.374 e. The summed E-state index contributed by atoms with van der Waals surface area (Å²) in [6.45, 7) is 1.42. The fourth-order valence-electron chi connectivity index (χ4n) is 3.54. The van der Waals surface area contributed by atoms with Crippen molar-refractivity contribution < 1.29 is 14.3 Å². The second-order valence-corrected chi connectivity index (χ2v) is 7.67. The number of amides is 2. The molecule has 0 spiro atoms. The van der Waals surface area contributed by atoms with Gasteiger partial charge in [0.05, 0.1) is 30.2 Å². The lowest BCUT2D eigenvalue weighted by Gasteiger charge is -2.24. The van der Waals surface area contributed by atoms with E-state index in [1.807, 2.05) is 23.6 Å². The van der Waals surface area contributed by atoms with Crippen molar-refractivity contribution in [1.82, 2.24) is 14.8 Å². The number of carbonyl (C=O) groups is 2. The molecule has 0 radical (unpaired) electrons. The summed E-state index contributed by atoms with van der Waals surface area (Å²) in [4.78, 5) is 32.9. The van der Waals surface area contributed by atoms with E-state index in [1.54, 1.807) is 16.8 Å². The van der Waals surface area contributed by atoms with E-state index in [0.717, 1.165) is 11.4 Å². The van der Waals surface area contributed by atoms with Gasteiger partial charge in [0.15, 0.2) is 0 Å². The van der Waals surface area contributed by atoms with E-state index in [1.165, 1.54) is 16.9 Å². The molecule has 26 heavy (non-hydrogen) atoms. The Morgan fingerprint density at radius 1 is 1.31 bits per heavy atom. The first-order chi connectivity index (χ1) is 12.6. The molecule has 4 rings (SSSR count). The molecule has 3 heterocycles. The Morgan fingerprint density at radius 2 is 2.12 bits per heavy atom. The molecule has 2 aliphatic heterocycles. The van der Waals surface area contributed by atoms with Crippen LogP contribution in [0.5, 0.6) is 0 Å². The fraction of sp³-hybridized carbons (Fsp3) is 0.421. The molecule has 0 N–H and O–H groups in total. The van der Waals surface area contributed by atoms with Gasteiger partial charge < -0.3 is 14.5 Å². The summed E-state index contributed by atoms with van der Waals surface area (Å²) in [5.41, 5.74) is 1.66. The Bertz CT molecular complexity index is 807. The van der Waals surface area contributed by atoms with Crippen LogP contribution in [0.25, 0.3) is 0 Å². The molecule has 0 bridgehead atoms. The van der Waals surface area contributed by atoms with E-state index in [2.05, 4.69) is 17.1 Å². The predicted molar refractivity (Wildman–Crippen MR) is 98.2 cm³/mol. The number of hydrogen-bond acceptors (Lipinski definition) is 5. The smallest absolute Gasteiger partial charge is 0.273 e. The maximum atomic E-state index is 12.8. The Kier molecular flexibility index (Phi) is 4.74. The number of ether oxygens (including phenoxy) is 1. The van der Waals surface area contributed by atoms with E-state index >= 15 is 0 Å². The number of carbonyl (C=O) groups excluding carboxylic acids is 2. The van der Waals surface area contributed by atoms with Crippen LogP contribution in [0.15, 0.2) is 35.7 Å². The van der Waals surface area contributed by atoms with Crippen LogP contribution in [0.3, 0.4) is 0 Å². The molecule has 2 aromatic rings. The first-order valence-electron chi connectivity index (χ1n) is 8.76. The van der Waals surface area contributed by atoms with Crippen LogP contribution < -0.4 is 0 Å². The molecular weight excluding hydrogens is 350 g/mol. The molecule has 1 aromatic heterocycles. The highest BCUT2D eigenvalue weighted by Gasteiger charge is 2.42. The Hall–Kier alpha value is -2.25. The quantitative estimate of drug-likeness (QED) is 0.826. The lowest BCUT2D eigenvalue weighted by molar-refractivity contribution is -0.131. The Labute approximate surface area is 156 Å². The average Bonchev–Trinajstić information content (AvgIpc) is 3.26. The number of thiazole rings is 1. The highest BCUT2D eigenvalue weighted by atomic mass is 32.1. The van der Waals surface area contributed by atoms with Crippen LogP contribution in [0.2, 0.25) is 0 Å². The largest absolute Gasteiger partial charge is 0.374 e. The van der Waals surface area contributed by atoms with Crippen LogP contribution in [0.4, 0.5) is 0 Å². The van der Waals surface area contributed by atoms with Crippen LogP contribution in [-0.2, 0) is 16.0 Å². The van der Waals surface area contributed by atoms with E-state index in [-0.39, 0.29) is 24.0 Å². The van der Waals surface area contributed by atoms with Crippen LogP contribution in [-0.4, -0.2) is 65.5 Å². The Balaban J connectivity index is 1.45. The third-order valence-electron chi connectivity index (χ3n) is 5.03. The summed E-state index contributed by atoms with van der Waals surface area (Å²) < 4.78 is 5.79. The summed E-state index contributed by atoms with van der Waals surface area (Å²) in [6, 6.07) is 10.0. The van der Waals surface area contributed by atoms with Crippen molar-refractivity contribution in [1.29, 1.82) is 0 Å². The van der Waals surface area contributed by atoms with Gasteiger partial charge in [-0.1, -0.05) is 30.3 Å². The van der Waals surface area contributed by atoms with E-state index in [9.17, 15) is 9.59 Å². The van der Waals surface area contributed by atoms with Gasteiger partial charge in [-0.2, -0.15) is 0 Å². The summed E-state index contributed by atoms with van der Waals surface area (Å²) in [7, 11) is 1.80. The molecule has 2 fully saturated rings. The summed E-state index contributed by atoms with van der Waals surface area (Å²) in [5.74, 6) is -0.0105. The minimum absolute atomic E-state index is 0.0728. The predicted octanol–water partition coefficient (Wildman–Crippen LogP) is 1.81. The lowest BCUT2D eigenvalue weighted by atomic mass is 10.2. The number of rotatable bonds is 3. The van der Waals surface area contributed by atoms with Crippen molar-refractivity contribution in [3.8, 4) is 0 Å². The summed E-state index contributed by atoms with van der Waals surface area (Å²) in [6.07, 6.45) is 1.02. The van der Waals surface area contributed by atoms with Gasteiger partial charge in [-0.15, -0.1) is 11.3 Å². The van der Waals surface area contributed by atoms with Gasteiger partial charge in [-0.25, -0.2) is 4.98 Å². The summed E-state index contributed by atoms with van der Waals surface area (Å²) >= 11 is 1.51. The molecule has 2 aliphatic rings. The van der Waals surface area contributed by atoms with Crippen LogP contribution in [0.1, 0.15) is 27.5 Å². The lowest BCUT2D eigenvalue weighted by Crippen LogP contribution is -2.43. The van der Waals surface area contributed by atoms with Crippen molar-refractivity contribution in [3.05, 3.63) is 52.0 Å². The van der Waals surface area contributed by atoms with E-state index in [0.29, 0.717) is 31.8 Å².